The molecule has 0 radical (unpaired) electrons. The highest BCUT2D eigenvalue weighted by Gasteiger charge is 2.48. The molecule has 0 bridgehead atoms. The number of pyridine rings is 1. The predicted octanol–water partition coefficient (Wildman–Crippen LogP) is 5.98. The number of hydrogen-bond acceptors (Lipinski definition) is 6. The zero-order chi connectivity index (χ0) is 33.7. The van der Waals surface area contributed by atoms with E-state index in [-0.39, 0.29) is 23.2 Å². The molecule has 1 aliphatic heterocycles. The van der Waals surface area contributed by atoms with E-state index < -0.39 is 42.8 Å². The van der Waals surface area contributed by atoms with E-state index in [0.717, 1.165) is 11.1 Å². The van der Waals surface area contributed by atoms with E-state index >= 15 is 0 Å². The van der Waals surface area contributed by atoms with Crippen molar-refractivity contribution in [1.82, 2.24) is 25.4 Å². The third kappa shape index (κ3) is 7.31. The van der Waals surface area contributed by atoms with Crippen LogP contribution in [0.15, 0.2) is 90.5 Å². The minimum atomic E-state index is -2.85. The molecule has 3 heterocycles. The number of nitrogens with zero attached hydrogens (tertiary/aromatic N) is 6. The number of carbonyl (C=O) groups is 2. The molecule has 13 heteroatoms. The van der Waals surface area contributed by atoms with Crippen molar-refractivity contribution in [3.63, 3.8) is 0 Å². The smallest absolute Gasteiger partial charge is 0.252 e. The predicted molar refractivity (Wildman–Crippen MR) is 175 cm³/mol. The summed E-state index contributed by atoms with van der Waals surface area (Å²) in [6.07, 6.45) is 9.71. The van der Waals surface area contributed by atoms with Crippen molar-refractivity contribution in [3.05, 3.63) is 107 Å². The summed E-state index contributed by atoms with van der Waals surface area (Å²) < 4.78 is 27.6. The Morgan fingerprint density at radius 1 is 1.34 bits per heavy atom. The summed E-state index contributed by atoms with van der Waals surface area (Å²) in [5.74, 6) is -3.12. The van der Waals surface area contributed by atoms with E-state index in [1.165, 1.54) is 30.3 Å². The molecule has 0 spiro atoms. The number of nitriles is 1. The lowest BCUT2D eigenvalue weighted by Crippen LogP contribution is -2.55. The lowest BCUT2D eigenvalue weighted by atomic mass is 9.87. The summed E-state index contributed by atoms with van der Waals surface area (Å²) in [5.41, 5.74) is 2.81. The molecule has 1 unspecified atom stereocenters. The Labute approximate surface area is 276 Å². The maximum Gasteiger partial charge on any atom is 0.252 e. The molecule has 3 aromatic rings. The molecule has 2 amide bonds. The molecule has 10 nitrogen and oxygen atoms in total. The number of amidine groups is 1. The van der Waals surface area contributed by atoms with E-state index in [1.807, 2.05) is 13.0 Å². The van der Waals surface area contributed by atoms with Crippen molar-refractivity contribution in [2.75, 3.05) is 11.9 Å². The average Bonchev–Trinajstić information content (AvgIpc) is 3.71. The number of H-pyrrole nitrogens is 1. The second kappa shape index (κ2) is 14.1. The number of amides is 2. The SMILES string of the molecule is C=C(/C=C\C=C(/C)c1cn[nH]c1)N(C(=NC)[C@@H]1CCC(=O)N1c1cc(C#N)ccn1)C(C(=O)NC1CC(F)(F)C1)c1ccccc1Cl. The van der Waals surface area contributed by atoms with E-state index in [0.29, 0.717) is 29.1 Å². The monoisotopic (exact) mass is 658 g/mol. The van der Waals surface area contributed by atoms with Crippen LogP contribution in [0, 0.1) is 11.3 Å². The fourth-order valence-electron chi connectivity index (χ4n) is 5.78. The lowest BCUT2D eigenvalue weighted by molar-refractivity contribution is -0.132. The number of carbonyl (C=O) groups excluding carboxylic acids is 2. The van der Waals surface area contributed by atoms with Crippen LogP contribution in [0.5, 0.6) is 0 Å². The summed E-state index contributed by atoms with van der Waals surface area (Å²) in [4.78, 5) is 39.6. The highest BCUT2D eigenvalue weighted by molar-refractivity contribution is 6.31. The van der Waals surface area contributed by atoms with Crippen LogP contribution in [-0.2, 0) is 9.59 Å². The first-order valence-corrected chi connectivity index (χ1v) is 15.3. The van der Waals surface area contributed by atoms with Gasteiger partial charge in [-0.05, 0) is 43.2 Å². The summed E-state index contributed by atoms with van der Waals surface area (Å²) in [5, 5.41) is 19.3. The van der Waals surface area contributed by atoms with Gasteiger partial charge < -0.3 is 10.2 Å². The first kappa shape index (κ1) is 33.2. The third-order valence-corrected chi connectivity index (χ3v) is 8.49. The Morgan fingerprint density at radius 2 is 2.11 bits per heavy atom. The Bertz CT molecular complexity index is 1790. The van der Waals surface area contributed by atoms with Gasteiger partial charge in [0.2, 0.25) is 11.8 Å². The summed E-state index contributed by atoms with van der Waals surface area (Å²) in [7, 11) is 1.54. The number of aromatic amines is 1. The van der Waals surface area contributed by atoms with Gasteiger partial charge >= 0.3 is 0 Å². The van der Waals surface area contributed by atoms with E-state index in [1.54, 1.807) is 53.7 Å². The van der Waals surface area contributed by atoms with Crippen molar-refractivity contribution < 1.29 is 18.4 Å². The number of rotatable bonds is 10. The molecular weight excluding hydrogens is 626 g/mol. The van der Waals surface area contributed by atoms with Gasteiger partial charge in [-0.15, -0.1) is 0 Å². The molecular formula is C34H33ClF2N8O2. The molecule has 1 saturated carbocycles. The van der Waals surface area contributed by atoms with Crippen LogP contribution in [-0.4, -0.2) is 62.8 Å². The summed E-state index contributed by atoms with van der Waals surface area (Å²) >= 11 is 6.70. The topological polar surface area (TPSA) is 130 Å². The second-order valence-electron chi connectivity index (χ2n) is 11.4. The summed E-state index contributed by atoms with van der Waals surface area (Å²) in [6, 6.07) is 9.21. The number of aliphatic imine (C=N–C) groups is 1. The minimum absolute atomic E-state index is 0.158. The van der Waals surface area contributed by atoms with Crippen LogP contribution < -0.4 is 10.2 Å². The van der Waals surface area contributed by atoms with Crippen molar-refractivity contribution in [1.29, 1.82) is 5.26 Å². The first-order valence-electron chi connectivity index (χ1n) is 14.9. The largest absolute Gasteiger partial charge is 0.351 e. The standard InChI is InChI=1S/C34H33ClF2N8O2/c1-21(24-19-41-42-20-24)7-6-8-22(2)44(31(26-9-4-5-10-27(26)35)33(47)43-25-16-34(36,37)17-25)32(39-3)28-11-12-30(46)45(28)29-15-23(18-38)13-14-40-29/h4-10,13-15,19-20,25,28,31H,2,11-12,16-17H2,1,3H3,(H,41,42)(H,43,47)/b8-6-,21-7+,39-32?/t28-,31?/m0/s1. The van der Waals surface area contributed by atoms with Gasteiger partial charge in [-0.2, -0.15) is 10.4 Å². The quantitative estimate of drug-likeness (QED) is 0.157. The molecule has 47 heavy (non-hydrogen) atoms. The Morgan fingerprint density at radius 3 is 2.77 bits per heavy atom. The number of aromatic nitrogens is 3. The van der Waals surface area contributed by atoms with Gasteiger partial charge in [0, 0.05) is 66.6 Å². The Kier molecular flexibility index (Phi) is 9.96. The van der Waals surface area contributed by atoms with Gasteiger partial charge in [-0.25, -0.2) is 13.8 Å². The number of anilines is 1. The van der Waals surface area contributed by atoms with E-state index in [9.17, 15) is 23.6 Å². The minimum Gasteiger partial charge on any atom is -0.351 e. The molecule has 2 fully saturated rings. The molecule has 1 aliphatic carbocycles. The number of hydrogen-bond donors (Lipinski definition) is 2. The fourth-order valence-corrected chi connectivity index (χ4v) is 6.02. The normalized spacial score (nSPS) is 18.9. The number of alkyl halides is 2. The van der Waals surface area contributed by atoms with E-state index in [4.69, 9.17) is 11.6 Å². The number of benzene rings is 1. The highest BCUT2D eigenvalue weighted by atomic mass is 35.5. The highest BCUT2D eigenvalue weighted by Crippen LogP contribution is 2.39. The fraction of sp³-hybridized carbons (Fsp3) is 0.294. The number of nitrogens with one attached hydrogen (secondary N) is 2. The zero-order valence-corrected chi connectivity index (χ0v) is 26.6. The van der Waals surface area contributed by atoms with Crippen molar-refractivity contribution in [2.24, 2.45) is 4.99 Å². The maximum absolute atomic E-state index is 14.2. The Hall–Kier alpha value is -5.15. The maximum atomic E-state index is 14.2. The Balaban J connectivity index is 1.60. The molecule has 242 valence electrons. The van der Waals surface area contributed by atoms with Crippen LogP contribution in [0.3, 0.4) is 0 Å². The van der Waals surface area contributed by atoms with Crippen molar-refractivity contribution >= 4 is 40.6 Å². The van der Waals surface area contributed by atoms with E-state index in [2.05, 4.69) is 38.1 Å². The molecule has 2 aliphatic rings. The first-order chi connectivity index (χ1) is 22.5. The van der Waals surface area contributed by atoms with Gasteiger partial charge in [0.25, 0.3) is 5.92 Å². The molecule has 2 aromatic heterocycles. The van der Waals surface area contributed by atoms with Gasteiger partial charge in [0.1, 0.15) is 17.7 Å². The van der Waals surface area contributed by atoms with Crippen LogP contribution >= 0.6 is 11.6 Å². The summed E-state index contributed by atoms with van der Waals surface area (Å²) in [6.45, 7) is 6.21. The molecule has 1 saturated heterocycles. The lowest BCUT2D eigenvalue weighted by Gasteiger charge is -2.41. The second-order valence-corrected chi connectivity index (χ2v) is 11.8. The van der Waals surface area contributed by atoms with Gasteiger partial charge in [0.05, 0.1) is 23.9 Å². The molecule has 1 aromatic carbocycles. The van der Waals surface area contributed by atoms with Gasteiger partial charge in [-0.3, -0.25) is 24.6 Å². The van der Waals surface area contributed by atoms with Crippen LogP contribution in [0.1, 0.15) is 55.3 Å². The zero-order valence-electron chi connectivity index (χ0n) is 25.8. The van der Waals surface area contributed by atoms with Crippen LogP contribution in [0.25, 0.3) is 5.57 Å². The average molecular weight is 659 g/mol. The van der Waals surface area contributed by atoms with Gasteiger partial charge in [-0.1, -0.05) is 48.5 Å². The van der Waals surface area contributed by atoms with Crippen molar-refractivity contribution in [2.45, 2.75) is 56.7 Å². The third-order valence-electron chi connectivity index (χ3n) is 8.15. The number of halogens is 3. The van der Waals surface area contributed by atoms with Crippen LogP contribution in [0.2, 0.25) is 5.02 Å². The number of allylic oxidation sites excluding steroid dienone is 4. The molecule has 2 N–H and O–H groups in total. The van der Waals surface area contributed by atoms with Crippen LogP contribution in [0.4, 0.5) is 14.6 Å². The molecule has 2 atom stereocenters. The molecule has 5 rings (SSSR count). The van der Waals surface area contributed by atoms with Gasteiger partial charge in [0.15, 0.2) is 0 Å². The van der Waals surface area contributed by atoms with Crippen molar-refractivity contribution in [3.8, 4) is 6.07 Å².